The Balaban J connectivity index is 2.01. The van der Waals surface area contributed by atoms with E-state index in [-0.39, 0.29) is 24.3 Å². The molecule has 4 nitrogen and oxygen atoms in total. The van der Waals surface area contributed by atoms with Crippen molar-refractivity contribution in [3.05, 3.63) is 34.9 Å². The zero-order valence-corrected chi connectivity index (χ0v) is 13.6. The van der Waals surface area contributed by atoms with E-state index in [9.17, 15) is 9.59 Å². The molecular weight excluding hydrogens is 302 g/mol. The van der Waals surface area contributed by atoms with E-state index in [0.29, 0.717) is 17.4 Å². The lowest BCUT2D eigenvalue weighted by atomic mass is 10.0. The minimum Gasteiger partial charge on any atom is -0.469 e. The van der Waals surface area contributed by atoms with Crippen molar-refractivity contribution in [1.29, 1.82) is 0 Å². The summed E-state index contributed by atoms with van der Waals surface area (Å²) in [5, 5.41) is 3.59. The Labute approximate surface area is 136 Å². The molecule has 1 fully saturated rings. The lowest BCUT2D eigenvalue weighted by molar-refractivity contribution is -0.141. The van der Waals surface area contributed by atoms with Crippen LogP contribution in [0.5, 0.6) is 0 Å². The molecular formula is C17H22ClNO3. The molecule has 0 spiro atoms. The molecule has 0 saturated heterocycles. The molecule has 0 bridgehead atoms. The number of hydrogen-bond acceptors (Lipinski definition) is 3. The van der Waals surface area contributed by atoms with Gasteiger partial charge >= 0.3 is 5.97 Å². The van der Waals surface area contributed by atoms with Crippen molar-refractivity contribution in [1.82, 2.24) is 5.32 Å². The first kappa shape index (κ1) is 16.8. The topological polar surface area (TPSA) is 55.4 Å². The third-order valence-electron chi connectivity index (χ3n) is 4.15. The number of esters is 1. The first-order valence-electron chi connectivity index (χ1n) is 7.70. The molecule has 0 aromatic heterocycles. The SMILES string of the molecule is COC(=O)CC(NC(=O)CC1CCCC1)c1ccc(Cl)cc1. The molecule has 1 aromatic rings. The number of amides is 1. The third kappa shape index (κ3) is 5.02. The molecule has 1 unspecified atom stereocenters. The first-order valence-corrected chi connectivity index (χ1v) is 8.08. The van der Waals surface area contributed by atoms with Crippen LogP contribution in [0.1, 0.15) is 50.1 Å². The average Bonchev–Trinajstić information content (AvgIpc) is 3.00. The van der Waals surface area contributed by atoms with Crippen LogP contribution in [0, 0.1) is 5.92 Å². The van der Waals surface area contributed by atoms with Gasteiger partial charge in [0.05, 0.1) is 19.6 Å². The Morgan fingerprint density at radius 3 is 2.50 bits per heavy atom. The van der Waals surface area contributed by atoms with E-state index in [1.54, 1.807) is 12.1 Å². The zero-order valence-electron chi connectivity index (χ0n) is 12.8. The van der Waals surface area contributed by atoms with Crippen LogP contribution in [0.15, 0.2) is 24.3 Å². The summed E-state index contributed by atoms with van der Waals surface area (Å²) in [6.45, 7) is 0. The van der Waals surface area contributed by atoms with E-state index < -0.39 is 0 Å². The van der Waals surface area contributed by atoms with E-state index in [0.717, 1.165) is 18.4 Å². The minimum atomic E-state index is -0.376. The number of nitrogens with one attached hydrogen (secondary N) is 1. The van der Waals surface area contributed by atoms with Gasteiger partial charge in [0.2, 0.25) is 5.91 Å². The summed E-state index contributed by atoms with van der Waals surface area (Å²) in [4.78, 5) is 23.8. The smallest absolute Gasteiger partial charge is 0.307 e. The fourth-order valence-corrected chi connectivity index (χ4v) is 3.05. The van der Waals surface area contributed by atoms with Gasteiger partial charge in [-0.05, 0) is 36.5 Å². The van der Waals surface area contributed by atoms with Gasteiger partial charge in [-0.2, -0.15) is 0 Å². The van der Waals surface area contributed by atoms with Crippen LogP contribution in [0.2, 0.25) is 5.02 Å². The van der Waals surface area contributed by atoms with Crippen LogP contribution >= 0.6 is 11.6 Å². The van der Waals surface area contributed by atoms with Crippen LogP contribution < -0.4 is 5.32 Å². The average molecular weight is 324 g/mol. The van der Waals surface area contributed by atoms with Gasteiger partial charge in [0, 0.05) is 11.4 Å². The van der Waals surface area contributed by atoms with Crippen molar-refractivity contribution in [3.63, 3.8) is 0 Å². The van der Waals surface area contributed by atoms with Crippen molar-refractivity contribution in [2.45, 2.75) is 44.6 Å². The number of carbonyl (C=O) groups excluding carboxylic acids is 2. The molecule has 0 radical (unpaired) electrons. The van der Waals surface area contributed by atoms with Gasteiger partial charge in [0.1, 0.15) is 0 Å². The van der Waals surface area contributed by atoms with E-state index in [4.69, 9.17) is 16.3 Å². The Morgan fingerprint density at radius 2 is 1.91 bits per heavy atom. The van der Waals surface area contributed by atoms with E-state index in [1.807, 2.05) is 12.1 Å². The molecule has 1 saturated carbocycles. The maximum Gasteiger partial charge on any atom is 0.307 e. The molecule has 1 aliphatic rings. The standard InChI is InChI=1S/C17H22ClNO3/c1-22-17(21)11-15(13-6-8-14(18)9-7-13)19-16(20)10-12-4-2-3-5-12/h6-9,12,15H,2-5,10-11H2,1H3,(H,19,20). The Hall–Kier alpha value is -1.55. The molecule has 22 heavy (non-hydrogen) atoms. The van der Waals surface area contributed by atoms with Crippen LogP contribution in [0.4, 0.5) is 0 Å². The Kier molecular flexibility index (Phi) is 6.25. The summed E-state index contributed by atoms with van der Waals surface area (Å²) in [6.07, 6.45) is 5.31. The van der Waals surface area contributed by atoms with Crippen molar-refractivity contribution >= 4 is 23.5 Å². The van der Waals surface area contributed by atoms with Gasteiger partial charge in [-0.15, -0.1) is 0 Å². The predicted molar refractivity (Wildman–Crippen MR) is 85.5 cm³/mol. The molecule has 5 heteroatoms. The number of benzene rings is 1. The van der Waals surface area contributed by atoms with Gasteiger partial charge < -0.3 is 10.1 Å². The lowest BCUT2D eigenvalue weighted by Crippen LogP contribution is -2.31. The second-order valence-electron chi connectivity index (χ2n) is 5.81. The first-order chi connectivity index (χ1) is 10.6. The number of carbonyl (C=O) groups is 2. The van der Waals surface area contributed by atoms with Crippen molar-refractivity contribution in [2.24, 2.45) is 5.92 Å². The van der Waals surface area contributed by atoms with E-state index in [2.05, 4.69) is 5.32 Å². The lowest BCUT2D eigenvalue weighted by Gasteiger charge is -2.19. The number of ether oxygens (including phenoxy) is 1. The Bertz CT molecular complexity index is 509. The molecule has 0 heterocycles. The van der Waals surface area contributed by atoms with Gasteiger partial charge in [0.25, 0.3) is 0 Å². The van der Waals surface area contributed by atoms with Gasteiger partial charge in [-0.3, -0.25) is 9.59 Å². The van der Waals surface area contributed by atoms with Crippen molar-refractivity contribution in [2.75, 3.05) is 7.11 Å². The second kappa shape index (κ2) is 8.18. The molecule has 1 aliphatic carbocycles. The van der Waals surface area contributed by atoms with Gasteiger partial charge in [-0.1, -0.05) is 36.6 Å². The van der Waals surface area contributed by atoms with Crippen LogP contribution in [-0.2, 0) is 14.3 Å². The molecule has 2 rings (SSSR count). The normalized spacial score (nSPS) is 16.3. The fourth-order valence-electron chi connectivity index (χ4n) is 2.93. The summed E-state index contributed by atoms with van der Waals surface area (Å²) < 4.78 is 4.72. The molecule has 120 valence electrons. The van der Waals surface area contributed by atoms with E-state index >= 15 is 0 Å². The van der Waals surface area contributed by atoms with Crippen molar-refractivity contribution in [3.8, 4) is 0 Å². The Morgan fingerprint density at radius 1 is 1.27 bits per heavy atom. The molecule has 0 aliphatic heterocycles. The number of rotatable bonds is 6. The molecule has 1 atom stereocenters. The van der Waals surface area contributed by atoms with E-state index in [1.165, 1.54) is 20.0 Å². The summed E-state index contributed by atoms with van der Waals surface area (Å²) in [6, 6.07) is 6.78. The summed E-state index contributed by atoms with van der Waals surface area (Å²) in [5.74, 6) is 0.126. The predicted octanol–water partition coefficient (Wildman–Crippen LogP) is 3.64. The minimum absolute atomic E-state index is 0.00393. The highest BCUT2D eigenvalue weighted by molar-refractivity contribution is 6.30. The second-order valence-corrected chi connectivity index (χ2v) is 6.24. The van der Waals surface area contributed by atoms with Crippen LogP contribution in [0.25, 0.3) is 0 Å². The highest BCUT2D eigenvalue weighted by Gasteiger charge is 2.22. The quantitative estimate of drug-likeness (QED) is 0.813. The van der Waals surface area contributed by atoms with Gasteiger partial charge in [0.15, 0.2) is 0 Å². The monoisotopic (exact) mass is 323 g/mol. The van der Waals surface area contributed by atoms with Crippen LogP contribution in [-0.4, -0.2) is 19.0 Å². The molecule has 1 N–H and O–H groups in total. The molecule has 1 amide bonds. The van der Waals surface area contributed by atoms with Crippen LogP contribution in [0.3, 0.4) is 0 Å². The molecule has 1 aromatic carbocycles. The highest BCUT2D eigenvalue weighted by atomic mass is 35.5. The number of halogens is 1. The zero-order chi connectivity index (χ0) is 15.9. The number of methoxy groups -OCH3 is 1. The largest absolute Gasteiger partial charge is 0.469 e. The summed E-state index contributed by atoms with van der Waals surface area (Å²) >= 11 is 5.89. The maximum atomic E-state index is 12.2. The third-order valence-corrected chi connectivity index (χ3v) is 4.41. The van der Waals surface area contributed by atoms with Crippen molar-refractivity contribution < 1.29 is 14.3 Å². The summed E-state index contributed by atoms with van der Waals surface area (Å²) in [7, 11) is 1.35. The fraction of sp³-hybridized carbons (Fsp3) is 0.529. The summed E-state index contributed by atoms with van der Waals surface area (Å²) in [5.41, 5.74) is 0.856. The highest BCUT2D eigenvalue weighted by Crippen LogP contribution is 2.28. The van der Waals surface area contributed by atoms with Gasteiger partial charge in [-0.25, -0.2) is 0 Å². The maximum absolute atomic E-state index is 12.2. The number of hydrogen-bond donors (Lipinski definition) is 1.